The maximum Gasteiger partial charge on any atom is 0.237 e. The average Bonchev–Trinajstić information content (AvgIpc) is 2.72. The lowest BCUT2D eigenvalue weighted by Gasteiger charge is -2.41. The molecule has 0 spiro atoms. The molecule has 0 aromatic heterocycles. The Labute approximate surface area is 116 Å². The Morgan fingerprint density at radius 1 is 1.11 bits per heavy atom. The Morgan fingerprint density at radius 3 is 2.11 bits per heavy atom. The molecule has 2 unspecified atom stereocenters. The van der Waals surface area contributed by atoms with E-state index in [1.165, 1.54) is 25.7 Å². The Balaban J connectivity index is 1.92. The predicted octanol–water partition coefficient (Wildman–Crippen LogP) is 1.62. The molecule has 1 amide bonds. The molecule has 2 aliphatic carbocycles. The van der Waals surface area contributed by atoms with E-state index in [0.717, 1.165) is 19.3 Å². The van der Waals surface area contributed by atoms with Gasteiger partial charge in [0.05, 0.1) is 5.54 Å². The molecule has 4 heteroatoms. The van der Waals surface area contributed by atoms with E-state index in [2.05, 4.69) is 25.8 Å². The number of hydrogen-bond acceptors (Lipinski definition) is 3. The maximum atomic E-state index is 11.4. The van der Waals surface area contributed by atoms with Gasteiger partial charge in [-0.1, -0.05) is 13.8 Å². The van der Waals surface area contributed by atoms with E-state index < -0.39 is 5.54 Å². The molecule has 2 saturated carbocycles. The normalized spacial score (nSPS) is 35.7. The second-order valence-electron chi connectivity index (χ2n) is 7.48. The first-order valence-electron chi connectivity index (χ1n) is 7.54. The average molecular weight is 267 g/mol. The van der Waals surface area contributed by atoms with Crippen molar-refractivity contribution in [2.75, 3.05) is 7.05 Å². The van der Waals surface area contributed by atoms with Crippen LogP contribution in [0.5, 0.6) is 0 Å². The van der Waals surface area contributed by atoms with E-state index in [4.69, 9.17) is 11.5 Å². The quantitative estimate of drug-likeness (QED) is 0.816. The summed E-state index contributed by atoms with van der Waals surface area (Å²) in [6, 6.07) is 1.07. The summed E-state index contributed by atoms with van der Waals surface area (Å²) < 4.78 is 0. The fraction of sp³-hybridized carbons (Fsp3) is 0.933. The number of hydrogen-bond donors (Lipinski definition) is 2. The summed E-state index contributed by atoms with van der Waals surface area (Å²) in [6.45, 7) is 4.72. The highest BCUT2D eigenvalue weighted by atomic mass is 16.1. The summed E-state index contributed by atoms with van der Waals surface area (Å²) >= 11 is 0. The van der Waals surface area contributed by atoms with Crippen LogP contribution in [-0.4, -0.2) is 35.5 Å². The van der Waals surface area contributed by atoms with Crippen molar-refractivity contribution in [1.82, 2.24) is 4.90 Å². The maximum absolute atomic E-state index is 11.4. The smallest absolute Gasteiger partial charge is 0.237 e. The van der Waals surface area contributed by atoms with E-state index in [1.54, 1.807) is 0 Å². The van der Waals surface area contributed by atoms with Crippen LogP contribution in [0, 0.1) is 5.41 Å². The van der Waals surface area contributed by atoms with Gasteiger partial charge in [-0.05, 0) is 57.4 Å². The molecule has 0 radical (unpaired) electrons. The topological polar surface area (TPSA) is 72.3 Å². The zero-order chi connectivity index (χ0) is 14.3. The molecule has 0 aromatic carbocycles. The molecular weight excluding hydrogens is 238 g/mol. The number of primary amides is 1. The highest BCUT2D eigenvalue weighted by molar-refractivity contribution is 5.84. The van der Waals surface area contributed by atoms with E-state index in [9.17, 15) is 4.79 Å². The molecule has 0 aromatic rings. The van der Waals surface area contributed by atoms with Crippen molar-refractivity contribution in [2.24, 2.45) is 16.9 Å². The molecule has 4 nitrogen and oxygen atoms in total. The SMILES string of the molecule is CN(C1CCC(C)(C)CC1)C1CCC(N)(C(N)=O)C1. The molecular formula is C15H29N3O. The van der Waals surface area contributed by atoms with Crippen molar-refractivity contribution in [3.8, 4) is 0 Å². The van der Waals surface area contributed by atoms with Gasteiger partial charge in [0.2, 0.25) is 5.91 Å². The lowest BCUT2D eigenvalue weighted by Crippen LogP contribution is -2.51. The van der Waals surface area contributed by atoms with Gasteiger partial charge in [0.25, 0.3) is 0 Å². The van der Waals surface area contributed by atoms with E-state index in [0.29, 0.717) is 17.5 Å². The summed E-state index contributed by atoms with van der Waals surface area (Å²) in [7, 11) is 2.19. The highest BCUT2D eigenvalue weighted by Gasteiger charge is 2.43. The van der Waals surface area contributed by atoms with Crippen LogP contribution < -0.4 is 11.5 Å². The number of carbonyl (C=O) groups is 1. The summed E-state index contributed by atoms with van der Waals surface area (Å²) in [5.41, 5.74) is 11.3. The minimum Gasteiger partial charge on any atom is -0.368 e. The zero-order valence-electron chi connectivity index (χ0n) is 12.6. The van der Waals surface area contributed by atoms with Crippen molar-refractivity contribution in [1.29, 1.82) is 0 Å². The third-order valence-corrected chi connectivity index (χ3v) is 5.47. The molecule has 0 bridgehead atoms. The Hall–Kier alpha value is -0.610. The van der Waals surface area contributed by atoms with Crippen molar-refractivity contribution in [2.45, 2.75) is 76.4 Å². The van der Waals surface area contributed by atoms with Crippen LogP contribution in [0.4, 0.5) is 0 Å². The lowest BCUT2D eigenvalue weighted by atomic mass is 9.75. The minimum absolute atomic E-state index is 0.340. The van der Waals surface area contributed by atoms with Gasteiger partial charge in [0, 0.05) is 12.1 Å². The Morgan fingerprint density at radius 2 is 1.63 bits per heavy atom. The second kappa shape index (κ2) is 5.06. The fourth-order valence-electron chi connectivity index (χ4n) is 3.71. The van der Waals surface area contributed by atoms with Crippen LogP contribution in [0.2, 0.25) is 0 Å². The van der Waals surface area contributed by atoms with Gasteiger partial charge in [-0.3, -0.25) is 4.79 Å². The number of nitrogens with two attached hydrogens (primary N) is 2. The van der Waals surface area contributed by atoms with Crippen LogP contribution in [0.1, 0.15) is 58.8 Å². The van der Waals surface area contributed by atoms with E-state index >= 15 is 0 Å². The third-order valence-electron chi connectivity index (χ3n) is 5.47. The second-order valence-corrected chi connectivity index (χ2v) is 7.48. The summed E-state index contributed by atoms with van der Waals surface area (Å²) in [4.78, 5) is 13.9. The van der Waals surface area contributed by atoms with Gasteiger partial charge in [0.15, 0.2) is 0 Å². The van der Waals surface area contributed by atoms with Crippen LogP contribution in [0.3, 0.4) is 0 Å². The van der Waals surface area contributed by atoms with Crippen LogP contribution >= 0.6 is 0 Å². The van der Waals surface area contributed by atoms with Gasteiger partial charge in [-0.25, -0.2) is 0 Å². The first-order chi connectivity index (χ1) is 8.73. The molecule has 4 N–H and O–H groups in total. The fourth-order valence-corrected chi connectivity index (χ4v) is 3.71. The van der Waals surface area contributed by atoms with Gasteiger partial charge >= 0.3 is 0 Å². The summed E-state index contributed by atoms with van der Waals surface area (Å²) in [6.07, 6.45) is 7.54. The molecule has 2 fully saturated rings. The summed E-state index contributed by atoms with van der Waals surface area (Å²) in [5, 5.41) is 0. The first kappa shape index (κ1) is 14.8. The third kappa shape index (κ3) is 3.11. The van der Waals surface area contributed by atoms with Crippen molar-refractivity contribution >= 4 is 5.91 Å². The number of amides is 1. The van der Waals surface area contributed by atoms with Crippen LogP contribution in [0.25, 0.3) is 0 Å². The number of rotatable bonds is 3. The molecule has 0 aliphatic heterocycles. The molecule has 19 heavy (non-hydrogen) atoms. The van der Waals surface area contributed by atoms with E-state index in [1.807, 2.05) is 0 Å². The van der Waals surface area contributed by atoms with Gasteiger partial charge in [0.1, 0.15) is 0 Å². The van der Waals surface area contributed by atoms with Gasteiger partial charge in [-0.2, -0.15) is 0 Å². The molecule has 2 atom stereocenters. The number of nitrogens with zero attached hydrogens (tertiary/aromatic N) is 1. The molecule has 0 saturated heterocycles. The number of carbonyl (C=O) groups excluding carboxylic acids is 1. The van der Waals surface area contributed by atoms with Crippen molar-refractivity contribution < 1.29 is 4.79 Å². The van der Waals surface area contributed by atoms with Gasteiger partial charge < -0.3 is 16.4 Å². The Bertz CT molecular complexity index is 345. The van der Waals surface area contributed by atoms with E-state index in [-0.39, 0.29) is 5.91 Å². The van der Waals surface area contributed by atoms with Crippen molar-refractivity contribution in [3.05, 3.63) is 0 Å². The largest absolute Gasteiger partial charge is 0.368 e. The van der Waals surface area contributed by atoms with Crippen LogP contribution in [-0.2, 0) is 4.79 Å². The first-order valence-corrected chi connectivity index (χ1v) is 7.54. The molecule has 2 rings (SSSR count). The minimum atomic E-state index is -0.771. The molecule has 110 valence electrons. The Kier molecular flexibility index (Phi) is 3.94. The van der Waals surface area contributed by atoms with Crippen molar-refractivity contribution in [3.63, 3.8) is 0 Å². The predicted molar refractivity (Wildman–Crippen MR) is 77.6 cm³/mol. The monoisotopic (exact) mass is 267 g/mol. The molecule has 0 heterocycles. The lowest BCUT2D eigenvalue weighted by molar-refractivity contribution is -0.123. The zero-order valence-corrected chi connectivity index (χ0v) is 12.6. The summed E-state index contributed by atoms with van der Waals surface area (Å²) in [5.74, 6) is -0.340. The van der Waals surface area contributed by atoms with Crippen LogP contribution in [0.15, 0.2) is 0 Å². The molecule has 2 aliphatic rings. The highest BCUT2D eigenvalue weighted by Crippen LogP contribution is 2.39. The standard InChI is InChI=1S/C15H29N3O/c1-14(2)7-4-11(5-8-14)18(3)12-6-9-15(17,10-12)13(16)19/h11-12H,4-10,17H2,1-3H3,(H2,16,19). The van der Waals surface area contributed by atoms with Gasteiger partial charge in [-0.15, -0.1) is 0 Å².